The van der Waals surface area contributed by atoms with Gasteiger partial charge in [0.05, 0.1) is 0 Å². The summed E-state index contributed by atoms with van der Waals surface area (Å²) in [5, 5.41) is 6.44. The number of likely N-dealkylation sites (N-methyl/N-ethyl adjacent to an activating group) is 2. The zero-order chi connectivity index (χ0) is 10.4. The first-order valence-electron chi connectivity index (χ1n) is 4.91. The van der Waals surface area contributed by atoms with Gasteiger partial charge in [0.25, 0.3) is 0 Å². The highest BCUT2D eigenvalue weighted by Gasteiger charge is 2.07. The summed E-state index contributed by atoms with van der Waals surface area (Å²) < 4.78 is 12.7. The van der Waals surface area contributed by atoms with Crippen molar-refractivity contribution in [3.63, 3.8) is 0 Å². The predicted molar refractivity (Wildman–Crippen MR) is 56.7 cm³/mol. The van der Waals surface area contributed by atoms with E-state index in [0.29, 0.717) is 0 Å². The van der Waals surface area contributed by atoms with Crippen LogP contribution < -0.4 is 10.6 Å². The number of rotatable bonds is 5. The van der Waals surface area contributed by atoms with E-state index in [4.69, 9.17) is 0 Å². The average Bonchev–Trinajstić information content (AvgIpc) is 2.21. The van der Waals surface area contributed by atoms with Crippen LogP contribution in [0.25, 0.3) is 0 Å². The molecule has 0 aliphatic carbocycles. The maximum Gasteiger partial charge on any atom is 0.123 e. The minimum Gasteiger partial charge on any atom is -0.315 e. The van der Waals surface area contributed by atoms with E-state index >= 15 is 0 Å². The molecule has 1 aromatic carbocycles. The summed E-state index contributed by atoms with van der Waals surface area (Å²) in [5.41, 5.74) is 1.11. The minimum atomic E-state index is -0.188. The number of benzene rings is 1. The zero-order valence-electron chi connectivity index (χ0n) is 8.68. The van der Waals surface area contributed by atoms with Crippen LogP contribution in [0, 0.1) is 5.82 Å². The van der Waals surface area contributed by atoms with Gasteiger partial charge >= 0.3 is 0 Å². The molecular weight excluding hydrogens is 179 g/mol. The fourth-order valence-corrected chi connectivity index (χ4v) is 1.37. The van der Waals surface area contributed by atoms with E-state index in [1.54, 1.807) is 0 Å². The molecule has 14 heavy (non-hydrogen) atoms. The SMILES string of the molecule is CCNCC(NC)c1ccc(F)cc1. The Hall–Kier alpha value is -0.930. The lowest BCUT2D eigenvalue weighted by Gasteiger charge is -2.16. The lowest BCUT2D eigenvalue weighted by atomic mass is 10.1. The highest BCUT2D eigenvalue weighted by Crippen LogP contribution is 2.12. The minimum absolute atomic E-state index is 0.188. The van der Waals surface area contributed by atoms with E-state index in [-0.39, 0.29) is 11.9 Å². The van der Waals surface area contributed by atoms with E-state index in [9.17, 15) is 4.39 Å². The quantitative estimate of drug-likeness (QED) is 0.749. The van der Waals surface area contributed by atoms with Gasteiger partial charge in [0.2, 0.25) is 0 Å². The van der Waals surface area contributed by atoms with Crippen molar-refractivity contribution in [1.82, 2.24) is 10.6 Å². The van der Waals surface area contributed by atoms with Gasteiger partial charge in [0.15, 0.2) is 0 Å². The summed E-state index contributed by atoms with van der Waals surface area (Å²) in [4.78, 5) is 0. The fourth-order valence-electron chi connectivity index (χ4n) is 1.37. The molecular formula is C11H17FN2. The van der Waals surface area contributed by atoms with Crippen molar-refractivity contribution in [3.8, 4) is 0 Å². The molecule has 0 aliphatic rings. The molecule has 3 heteroatoms. The van der Waals surface area contributed by atoms with Gasteiger partial charge < -0.3 is 10.6 Å². The largest absolute Gasteiger partial charge is 0.315 e. The molecule has 0 saturated carbocycles. The normalized spacial score (nSPS) is 12.8. The lowest BCUT2D eigenvalue weighted by Crippen LogP contribution is -2.29. The number of hydrogen-bond donors (Lipinski definition) is 2. The van der Waals surface area contributed by atoms with Gasteiger partial charge in [-0.2, -0.15) is 0 Å². The van der Waals surface area contributed by atoms with E-state index in [1.807, 2.05) is 19.2 Å². The highest BCUT2D eigenvalue weighted by atomic mass is 19.1. The van der Waals surface area contributed by atoms with Crippen LogP contribution in [0.5, 0.6) is 0 Å². The van der Waals surface area contributed by atoms with Crippen LogP contribution >= 0.6 is 0 Å². The Balaban J connectivity index is 2.64. The first-order chi connectivity index (χ1) is 6.77. The smallest absolute Gasteiger partial charge is 0.123 e. The lowest BCUT2D eigenvalue weighted by molar-refractivity contribution is 0.536. The van der Waals surface area contributed by atoms with Crippen molar-refractivity contribution in [2.75, 3.05) is 20.1 Å². The van der Waals surface area contributed by atoms with Gasteiger partial charge in [-0.05, 0) is 31.3 Å². The second kappa shape index (κ2) is 5.73. The molecule has 1 rings (SSSR count). The summed E-state index contributed by atoms with van der Waals surface area (Å²) in [6, 6.07) is 6.86. The molecule has 1 atom stereocenters. The van der Waals surface area contributed by atoms with Crippen molar-refractivity contribution in [1.29, 1.82) is 0 Å². The van der Waals surface area contributed by atoms with E-state index in [2.05, 4.69) is 17.6 Å². The molecule has 2 N–H and O–H groups in total. The number of hydrogen-bond acceptors (Lipinski definition) is 2. The van der Waals surface area contributed by atoms with Gasteiger partial charge in [0, 0.05) is 12.6 Å². The molecule has 0 saturated heterocycles. The monoisotopic (exact) mass is 196 g/mol. The standard InChI is InChI=1S/C11H17FN2/c1-3-14-8-11(13-2)9-4-6-10(12)7-5-9/h4-7,11,13-14H,3,8H2,1-2H3. The van der Waals surface area contributed by atoms with E-state index in [0.717, 1.165) is 18.7 Å². The molecule has 0 spiro atoms. The summed E-state index contributed by atoms with van der Waals surface area (Å²) >= 11 is 0. The van der Waals surface area contributed by atoms with Crippen molar-refractivity contribution in [3.05, 3.63) is 35.6 Å². The molecule has 1 aromatic rings. The number of nitrogens with one attached hydrogen (secondary N) is 2. The maximum absolute atomic E-state index is 12.7. The zero-order valence-corrected chi connectivity index (χ0v) is 8.68. The Bertz CT molecular complexity index is 258. The molecule has 2 nitrogen and oxygen atoms in total. The van der Waals surface area contributed by atoms with Crippen LogP contribution in [0.3, 0.4) is 0 Å². The third-order valence-electron chi connectivity index (χ3n) is 2.22. The van der Waals surface area contributed by atoms with Crippen molar-refractivity contribution in [2.24, 2.45) is 0 Å². The van der Waals surface area contributed by atoms with Gasteiger partial charge in [-0.1, -0.05) is 19.1 Å². The van der Waals surface area contributed by atoms with Crippen molar-refractivity contribution in [2.45, 2.75) is 13.0 Å². The summed E-state index contributed by atoms with van der Waals surface area (Å²) in [7, 11) is 1.91. The maximum atomic E-state index is 12.7. The average molecular weight is 196 g/mol. The van der Waals surface area contributed by atoms with Gasteiger partial charge in [-0.3, -0.25) is 0 Å². The molecule has 0 fully saturated rings. The van der Waals surface area contributed by atoms with Crippen LogP contribution in [0.2, 0.25) is 0 Å². The third-order valence-corrected chi connectivity index (χ3v) is 2.22. The molecule has 0 radical (unpaired) electrons. The molecule has 0 heterocycles. The molecule has 1 unspecified atom stereocenters. The summed E-state index contributed by atoms with van der Waals surface area (Å²) in [5.74, 6) is -0.188. The third kappa shape index (κ3) is 3.09. The summed E-state index contributed by atoms with van der Waals surface area (Å²) in [6.07, 6.45) is 0. The molecule has 0 aromatic heterocycles. The highest BCUT2D eigenvalue weighted by molar-refractivity contribution is 5.20. The van der Waals surface area contributed by atoms with Crippen molar-refractivity contribution < 1.29 is 4.39 Å². The molecule has 0 aliphatic heterocycles. The first-order valence-corrected chi connectivity index (χ1v) is 4.91. The Morgan fingerprint density at radius 2 is 1.93 bits per heavy atom. The number of halogens is 1. The van der Waals surface area contributed by atoms with Gasteiger partial charge in [-0.15, -0.1) is 0 Å². The van der Waals surface area contributed by atoms with Gasteiger partial charge in [0.1, 0.15) is 5.82 Å². The molecule has 0 bridgehead atoms. The van der Waals surface area contributed by atoms with Crippen LogP contribution in [-0.2, 0) is 0 Å². The fraction of sp³-hybridized carbons (Fsp3) is 0.455. The topological polar surface area (TPSA) is 24.1 Å². The first kappa shape index (κ1) is 11.1. The Morgan fingerprint density at radius 3 is 2.43 bits per heavy atom. The Morgan fingerprint density at radius 1 is 1.29 bits per heavy atom. The van der Waals surface area contributed by atoms with Crippen LogP contribution in [0.4, 0.5) is 4.39 Å². The Kier molecular flexibility index (Phi) is 4.56. The molecule has 0 amide bonds. The van der Waals surface area contributed by atoms with Crippen LogP contribution in [0.1, 0.15) is 18.5 Å². The Labute approximate surface area is 84.5 Å². The molecule has 78 valence electrons. The van der Waals surface area contributed by atoms with Crippen LogP contribution in [-0.4, -0.2) is 20.1 Å². The van der Waals surface area contributed by atoms with Gasteiger partial charge in [-0.25, -0.2) is 4.39 Å². The second-order valence-corrected chi connectivity index (χ2v) is 3.20. The second-order valence-electron chi connectivity index (χ2n) is 3.20. The predicted octanol–water partition coefficient (Wildman–Crippen LogP) is 1.70. The van der Waals surface area contributed by atoms with Crippen molar-refractivity contribution >= 4 is 0 Å². The van der Waals surface area contributed by atoms with Crippen LogP contribution in [0.15, 0.2) is 24.3 Å². The van der Waals surface area contributed by atoms with E-state index in [1.165, 1.54) is 12.1 Å². The van der Waals surface area contributed by atoms with E-state index < -0.39 is 0 Å². The summed E-state index contributed by atoms with van der Waals surface area (Å²) in [6.45, 7) is 3.87.